The van der Waals surface area contributed by atoms with Crippen molar-refractivity contribution in [2.75, 3.05) is 0 Å². The molecule has 0 atom stereocenters. The molecule has 1 aliphatic rings. The van der Waals surface area contributed by atoms with Crippen LogP contribution in [-0.2, 0) is 0 Å². The number of rotatable bonds is 5. The van der Waals surface area contributed by atoms with Gasteiger partial charge in [0.05, 0.1) is 22.4 Å². The van der Waals surface area contributed by atoms with E-state index in [0.29, 0.717) is 23.0 Å². The van der Waals surface area contributed by atoms with E-state index in [4.69, 9.17) is 14.5 Å². The van der Waals surface area contributed by atoms with E-state index in [0.717, 1.165) is 66.7 Å². The first-order valence-electron chi connectivity index (χ1n) is 17.1. The second-order valence-electron chi connectivity index (χ2n) is 12.8. The predicted octanol–water partition coefficient (Wildman–Crippen LogP) is 12.7. The Labute approximate surface area is 295 Å². The molecule has 0 bridgehead atoms. The van der Waals surface area contributed by atoms with Crippen LogP contribution in [0.4, 0.5) is 0 Å². The summed E-state index contributed by atoms with van der Waals surface area (Å²) in [5, 5.41) is 2.23. The third-order valence-corrected chi connectivity index (χ3v) is 9.63. The van der Waals surface area contributed by atoms with Crippen molar-refractivity contribution in [3.8, 4) is 73.5 Å². The Bertz CT molecular complexity index is 2680. The highest BCUT2D eigenvalue weighted by atomic mass is 16.6. The summed E-state index contributed by atoms with van der Waals surface area (Å²) < 4.78 is 15.1. The van der Waals surface area contributed by atoms with Gasteiger partial charge in [0.15, 0.2) is 23.0 Å². The molecule has 0 unspecified atom stereocenters. The quantitative estimate of drug-likeness (QED) is 0.185. The summed E-state index contributed by atoms with van der Waals surface area (Å²) in [6.45, 7) is 0. The fourth-order valence-electron chi connectivity index (χ4n) is 7.17. The summed E-state index contributed by atoms with van der Waals surface area (Å²) in [5.41, 5.74) is 11.7. The van der Waals surface area contributed by atoms with E-state index in [9.17, 15) is 0 Å². The maximum Gasteiger partial charge on any atom is 0.172 e. The maximum absolute atomic E-state index is 6.42. The number of aromatic nitrogens is 2. The van der Waals surface area contributed by atoms with Gasteiger partial charge in [-0.2, -0.15) is 0 Å². The van der Waals surface area contributed by atoms with Gasteiger partial charge in [-0.15, -0.1) is 0 Å². The van der Waals surface area contributed by atoms with E-state index in [1.54, 1.807) is 0 Å². The van der Waals surface area contributed by atoms with E-state index in [1.165, 1.54) is 5.56 Å². The molecule has 0 aliphatic carbocycles. The third kappa shape index (κ3) is 5.13. The second-order valence-corrected chi connectivity index (χ2v) is 12.8. The van der Waals surface area contributed by atoms with Crippen LogP contribution in [-0.4, -0.2) is 9.55 Å². The Morgan fingerprint density at radius 1 is 0.333 bits per heavy atom. The Balaban J connectivity index is 1.18. The molecule has 3 heterocycles. The number of pyridine rings is 1. The standard InChI is InChI=1S/C47H30N2O2/c1-4-13-31(14-5-1)34-23-24-42-38(26-34)39-29-46-47(51-45-22-11-10-21-44(45)50-46)30-43(39)49(42)37-20-12-19-35(25-37)41-28-36(32-15-6-2-7-16-32)27-40(48-41)33-17-8-3-9-18-33/h1-30H. The minimum atomic E-state index is 0.689. The van der Waals surface area contributed by atoms with Crippen molar-refractivity contribution >= 4 is 21.8 Å². The molecule has 10 rings (SSSR count). The maximum atomic E-state index is 6.42. The average molecular weight is 655 g/mol. The van der Waals surface area contributed by atoms with Gasteiger partial charge in [0.2, 0.25) is 0 Å². The second kappa shape index (κ2) is 11.9. The first kappa shape index (κ1) is 29.0. The normalized spacial score (nSPS) is 11.8. The first-order chi connectivity index (χ1) is 25.2. The number of hydrogen-bond acceptors (Lipinski definition) is 3. The Kier molecular flexibility index (Phi) is 6.78. The van der Waals surface area contributed by atoms with Gasteiger partial charge in [-0.3, -0.25) is 0 Å². The predicted molar refractivity (Wildman–Crippen MR) is 207 cm³/mol. The van der Waals surface area contributed by atoms with Crippen LogP contribution in [0.2, 0.25) is 0 Å². The molecule has 1 aliphatic heterocycles. The molecule has 0 amide bonds. The fraction of sp³-hybridized carbons (Fsp3) is 0. The lowest BCUT2D eigenvalue weighted by Gasteiger charge is -2.20. The van der Waals surface area contributed by atoms with Crippen molar-refractivity contribution in [1.29, 1.82) is 0 Å². The van der Waals surface area contributed by atoms with Crippen molar-refractivity contribution in [2.24, 2.45) is 0 Å². The smallest absolute Gasteiger partial charge is 0.172 e. The minimum Gasteiger partial charge on any atom is -0.449 e. The molecule has 0 saturated carbocycles. The molecule has 0 radical (unpaired) electrons. The average Bonchev–Trinajstić information content (AvgIpc) is 3.52. The number of nitrogens with zero attached hydrogens (tertiary/aromatic N) is 2. The summed E-state index contributed by atoms with van der Waals surface area (Å²) in [6, 6.07) is 63.2. The van der Waals surface area contributed by atoms with E-state index in [1.807, 2.05) is 30.3 Å². The van der Waals surface area contributed by atoms with Crippen molar-refractivity contribution < 1.29 is 9.47 Å². The van der Waals surface area contributed by atoms with Crippen LogP contribution in [0.15, 0.2) is 182 Å². The third-order valence-electron chi connectivity index (χ3n) is 9.63. The zero-order chi connectivity index (χ0) is 33.7. The van der Waals surface area contributed by atoms with Crippen LogP contribution in [0.1, 0.15) is 0 Å². The fourth-order valence-corrected chi connectivity index (χ4v) is 7.17. The topological polar surface area (TPSA) is 36.3 Å². The largest absolute Gasteiger partial charge is 0.449 e. The molecule has 2 aromatic heterocycles. The van der Waals surface area contributed by atoms with Crippen LogP contribution < -0.4 is 9.47 Å². The zero-order valence-electron chi connectivity index (χ0n) is 27.5. The van der Waals surface area contributed by atoms with Crippen molar-refractivity contribution in [2.45, 2.75) is 0 Å². The number of hydrogen-bond donors (Lipinski definition) is 0. The van der Waals surface area contributed by atoms with Crippen LogP contribution in [0.3, 0.4) is 0 Å². The lowest BCUT2D eigenvalue weighted by atomic mass is 10.00. The molecule has 4 heteroatoms. The molecule has 0 N–H and O–H groups in total. The van der Waals surface area contributed by atoms with Crippen molar-refractivity contribution in [3.05, 3.63) is 182 Å². The molecule has 0 spiro atoms. The van der Waals surface area contributed by atoms with Crippen LogP contribution in [0.5, 0.6) is 23.0 Å². The molecule has 0 saturated heterocycles. The van der Waals surface area contributed by atoms with Gasteiger partial charge < -0.3 is 14.0 Å². The molecule has 9 aromatic rings. The highest BCUT2D eigenvalue weighted by Gasteiger charge is 2.23. The summed E-state index contributed by atoms with van der Waals surface area (Å²) in [6.07, 6.45) is 0. The van der Waals surface area contributed by atoms with Crippen molar-refractivity contribution in [1.82, 2.24) is 9.55 Å². The Hall–Kier alpha value is -6.91. The van der Waals surface area contributed by atoms with Crippen LogP contribution >= 0.6 is 0 Å². The highest BCUT2D eigenvalue weighted by molar-refractivity contribution is 6.11. The van der Waals surface area contributed by atoms with Gasteiger partial charge in [0.1, 0.15) is 0 Å². The number of para-hydroxylation sites is 2. The summed E-state index contributed by atoms with van der Waals surface area (Å²) in [7, 11) is 0. The minimum absolute atomic E-state index is 0.689. The van der Waals surface area contributed by atoms with Crippen LogP contribution in [0.25, 0.3) is 72.3 Å². The summed E-state index contributed by atoms with van der Waals surface area (Å²) >= 11 is 0. The van der Waals surface area contributed by atoms with Crippen molar-refractivity contribution in [3.63, 3.8) is 0 Å². The summed E-state index contributed by atoms with van der Waals surface area (Å²) in [5.74, 6) is 2.81. The molecule has 51 heavy (non-hydrogen) atoms. The van der Waals surface area contributed by atoms with Gasteiger partial charge in [-0.1, -0.05) is 121 Å². The molecular formula is C47H30N2O2. The van der Waals surface area contributed by atoms with Gasteiger partial charge in [-0.25, -0.2) is 4.98 Å². The Morgan fingerprint density at radius 3 is 1.57 bits per heavy atom. The highest BCUT2D eigenvalue weighted by Crippen LogP contribution is 2.49. The number of ether oxygens (including phenoxy) is 2. The molecule has 7 aromatic carbocycles. The van der Waals surface area contributed by atoms with Gasteiger partial charge in [-0.05, 0) is 76.9 Å². The SMILES string of the molecule is c1ccc(-c2cc(-c3ccccc3)nc(-c3cccc(-n4c5ccc(-c6ccccc6)cc5c5cc6c(cc54)Oc4ccccc4O6)c3)c2)cc1. The molecule has 4 nitrogen and oxygen atoms in total. The van der Waals surface area contributed by atoms with Crippen LogP contribution in [0, 0.1) is 0 Å². The molecule has 0 fully saturated rings. The van der Waals surface area contributed by atoms with Gasteiger partial charge in [0.25, 0.3) is 0 Å². The van der Waals surface area contributed by atoms with E-state index in [-0.39, 0.29) is 0 Å². The lowest BCUT2D eigenvalue weighted by Crippen LogP contribution is -2.00. The van der Waals surface area contributed by atoms with E-state index >= 15 is 0 Å². The first-order valence-corrected chi connectivity index (χ1v) is 17.1. The number of benzene rings is 7. The molecule has 240 valence electrons. The van der Waals surface area contributed by atoms with E-state index in [2.05, 4.69) is 156 Å². The van der Waals surface area contributed by atoms with E-state index < -0.39 is 0 Å². The molecular weight excluding hydrogens is 625 g/mol. The van der Waals surface area contributed by atoms with Gasteiger partial charge >= 0.3 is 0 Å². The van der Waals surface area contributed by atoms with Gasteiger partial charge in [0, 0.05) is 33.7 Å². The lowest BCUT2D eigenvalue weighted by molar-refractivity contribution is 0.360. The zero-order valence-corrected chi connectivity index (χ0v) is 27.5. The monoisotopic (exact) mass is 654 g/mol. The number of fused-ring (bicyclic) bond motifs is 5. The summed E-state index contributed by atoms with van der Waals surface area (Å²) in [4.78, 5) is 5.22. The Morgan fingerprint density at radius 2 is 0.882 bits per heavy atom.